The Bertz CT molecular complexity index is 1370. The topological polar surface area (TPSA) is 118 Å². The normalized spacial score (nSPS) is 11.1. The third kappa shape index (κ3) is 3.64. The average molecular weight is 424 g/mol. The number of fused-ring (bicyclic) bond motifs is 1. The summed E-state index contributed by atoms with van der Waals surface area (Å²) in [5.74, 6) is 0.0726. The van der Waals surface area contributed by atoms with Crippen LogP contribution >= 0.6 is 11.3 Å². The van der Waals surface area contributed by atoms with E-state index in [4.69, 9.17) is 5.73 Å². The van der Waals surface area contributed by atoms with E-state index in [-0.39, 0.29) is 30.2 Å². The fourth-order valence-electron chi connectivity index (χ4n) is 3.32. The highest BCUT2D eigenvalue weighted by molar-refractivity contribution is 7.15. The van der Waals surface area contributed by atoms with E-state index >= 15 is 0 Å². The Morgan fingerprint density at radius 3 is 2.70 bits per heavy atom. The van der Waals surface area contributed by atoms with Crippen molar-refractivity contribution < 1.29 is 0 Å². The molecule has 4 aromatic rings. The molecule has 3 N–H and O–H groups in total. The van der Waals surface area contributed by atoms with E-state index in [2.05, 4.69) is 9.97 Å². The highest BCUT2D eigenvalue weighted by Gasteiger charge is 2.19. The van der Waals surface area contributed by atoms with Gasteiger partial charge in [-0.05, 0) is 12.5 Å². The van der Waals surface area contributed by atoms with E-state index in [1.807, 2.05) is 37.3 Å². The van der Waals surface area contributed by atoms with Crippen LogP contribution in [-0.4, -0.2) is 25.5 Å². The van der Waals surface area contributed by atoms with Gasteiger partial charge >= 0.3 is 5.69 Å². The maximum Gasteiger partial charge on any atom is 0.330 e. The fourth-order valence-corrected chi connectivity index (χ4v) is 4.06. The number of nitrogens with zero attached hydrogens (tertiary/aromatic N) is 4. The lowest BCUT2D eigenvalue weighted by Gasteiger charge is -2.24. The molecule has 154 valence electrons. The molecular weight excluding hydrogens is 404 g/mol. The number of H-pyrrole nitrogens is 1. The lowest BCUT2D eigenvalue weighted by molar-refractivity contribution is 0.715. The van der Waals surface area contributed by atoms with Crippen LogP contribution in [0.2, 0.25) is 0 Å². The predicted octanol–water partition coefficient (Wildman–Crippen LogP) is 1.26. The van der Waals surface area contributed by atoms with Gasteiger partial charge in [0, 0.05) is 24.2 Å². The van der Waals surface area contributed by atoms with Crippen molar-refractivity contribution in [3.63, 3.8) is 0 Å². The summed E-state index contributed by atoms with van der Waals surface area (Å²) >= 11 is 1.35. The van der Waals surface area contributed by atoms with Gasteiger partial charge in [0.25, 0.3) is 11.1 Å². The van der Waals surface area contributed by atoms with Crippen LogP contribution in [0.25, 0.3) is 4.96 Å². The van der Waals surface area contributed by atoms with Crippen molar-refractivity contribution in [2.24, 2.45) is 0 Å². The average Bonchev–Trinajstić information content (AvgIpc) is 3.20. The van der Waals surface area contributed by atoms with E-state index in [1.165, 1.54) is 26.4 Å². The smallest absolute Gasteiger partial charge is 0.330 e. The third-order valence-electron chi connectivity index (χ3n) is 4.80. The molecule has 0 radical (unpaired) electrons. The molecule has 9 nitrogen and oxygen atoms in total. The summed E-state index contributed by atoms with van der Waals surface area (Å²) in [6, 6.07) is 10.8. The molecule has 0 aliphatic rings. The molecule has 0 aliphatic carbocycles. The molecule has 4 rings (SSSR count). The van der Waals surface area contributed by atoms with Gasteiger partial charge in [0.15, 0.2) is 4.96 Å². The molecule has 0 spiro atoms. The van der Waals surface area contributed by atoms with Crippen LogP contribution in [0, 0.1) is 0 Å². The zero-order valence-corrected chi connectivity index (χ0v) is 17.1. The molecule has 0 atom stereocenters. The minimum Gasteiger partial charge on any atom is -0.383 e. The summed E-state index contributed by atoms with van der Waals surface area (Å²) in [5.41, 5.74) is 6.53. The first-order valence-corrected chi connectivity index (χ1v) is 10.2. The van der Waals surface area contributed by atoms with Crippen LogP contribution in [-0.2, 0) is 13.1 Å². The molecule has 3 aromatic heterocycles. The Morgan fingerprint density at radius 2 is 1.97 bits per heavy atom. The van der Waals surface area contributed by atoms with Crippen LogP contribution in [0.1, 0.15) is 18.2 Å². The minimum absolute atomic E-state index is 0.0726. The largest absolute Gasteiger partial charge is 0.383 e. The maximum absolute atomic E-state index is 12.6. The number of nitrogens with one attached hydrogen (secondary N) is 1. The Balaban J connectivity index is 1.75. The Kier molecular flexibility index (Phi) is 5.23. The number of benzene rings is 1. The number of rotatable bonds is 6. The van der Waals surface area contributed by atoms with E-state index in [1.54, 1.807) is 16.5 Å². The van der Waals surface area contributed by atoms with Gasteiger partial charge < -0.3 is 10.6 Å². The predicted molar refractivity (Wildman–Crippen MR) is 117 cm³/mol. The summed E-state index contributed by atoms with van der Waals surface area (Å²) in [4.78, 5) is 46.4. The molecule has 0 saturated carbocycles. The van der Waals surface area contributed by atoms with Gasteiger partial charge in [-0.15, -0.1) is 11.3 Å². The van der Waals surface area contributed by atoms with Crippen molar-refractivity contribution in [1.29, 1.82) is 0 Å². The number of hydrogen-bond acceptors (Lipinski definition) is 7. The van der Waals surface area contributed by atoms with Crippen LogP contribution in [0.15, 0.2) is 62.4 Å². The van der Waals surface area contributed by atoms with Crippen molar-refractivity contribution >= 4 is 27.8 Å². The number of nitrogens with two attached hydrogens (primary N) is 1. The van der Waals surface area contributed by atoms with Crippen molar-refractivity contribution in [3.8, 4) is 0 Å². The molecule has 30 heavy (non-hydrogen) atoms. The number of aromatic nitrogens is 4. The fraction of sp³-hybridized carbons (Fsp3) is 0.200. The van der Waals surface area contributed by atoms with Gasteiger partial charge in [-0.1, -0.05) is 30.3 Å². The van der Waals surface area contributed by atoms with E-state index in [0.717, 1.165) is 5.56 Å². The number of nitrogen functional groups attached to an aromatic ring is 1. The zero-order valence-electron chi connectivity index (χ0n) is 16.2. The van der Waals surface area contributed by atoms with Crippen LogP contribution in [0.4, 0.5) is 11.5 Å². The Morgan fingerprint density at radius 1 is 1.20 bits per heavy atom. The van der Waals surface area contributed by atoms with E-state index in [9.17, 15) is 14.4 Å². The standard InChI is InChI=1S/C20H20N6O3S/c1-2-24(12-14-10-15(27)25-8-9-30-20(25)22-14)16-17(21)26(19(29)23-18(16)28)11-13-6-4-3-5-7-13/h3-10H,2,11-12,21H2,1H3,(H,23,28,29). The molecule has 10 heteroatoms. The molecule has 0 amide bonds. The number of hydrogen-bond donors (Lipinski definition) is 2. The second kappa shape index (κ2) is 7.99. The summed E-state index contributed by atoms with van der Waals surface area (Å²) < 4.78 is 2.80. The molecule has 0 fully saturated rings. The lowest BCUT2D eigenvalue weighted by atomic mass is 10.2. The number of anilines is 2. The second-order valence-electron chi connectivity index (χ2n) is 6.72. The molecule has 0 bridgehead atoms. The summed E-state index contributed by atoms with van der Waals surface area (Å²) in [7, 11) is 0. The zero-order chi connectivity index (χ0) is 21.3. The molecule has 0 unspecified atom stereocenters. The van der Waals surface area contributed by atoms with E-state index in [0.29, 0.717) is 17.2 Å². The third-order valence-corrected chi connectivity index (χ3v) is 5.56. The quantitative estimate of drug-likeness (QED) is 0.481. The van der Waals surface area contributed by atoms with Crippen molar-refractivity contribution in [3.05, 3.63) is 90.4 Å². The number of thiazole rings is 1. The van der Waals surface area contributed by atoms with Gasteiger partial charge in [0.1, 0.15) is 11.5 Å². The van der Waals surface area contributed by atoms with Crippen LogP contribution < -0.4 is 27.4 Å². The van der Waals surface area contributed by atoms with Crippen LogP contribution in [0.3, 0.4) is 0 Å². The Labute approximate surface area is 174 Å². The molecule has 0 aliphatic heterocycles. The monoisotopic (exact) mass is 424 g/mol. The van der Waals surface area contributed by atoms with Crippen molar-refractivity contribution in [1.82, 2.24) is 18.9 Å². The van der Waals surface area contributed by atoms with Gasteiger partial charge in [0.2, 0.25) is 0 Å². The van der Waals surface area contributed by atoms with Gasteiger partial charge in [-0.3, -0.25) is 23.5 Å². The molecule has 3 heterocycles. The van der Waals surface area contributed by atoms with Crippen molar-refractivity contribution in [2.75, 3.05) is 17.2 Å². The number of aromatic amines is 1. The summed E-state index contributed by atoms with van der Waals surface area (Å²) in [6.07, 6.45) is 1.67. The second-order valence-corrected chi connectivity index (χ2v) is 7.59. The molecule has 1 aromatic carbocycles. The first-order valence-electron chi connectivity index (χ1n) is 9.35. The lowest BCUT2D eigenvalue weighted by Crippen LogP contribution is -2.38. The van der Waals surface area contributed by atoms with E-state index < -0.39 is 11.2 Å². The summed E-state index contributed by atoms with van der Waals surface area (Å²) in [5, 5.41) is 1.78. The molecular formula is C20H20N6O3S. The molecule has 0 saturated heterocycles. The Hall–Kier alpha value is -3.66. The first-order chi connectivity index (χ1) is 14.5. The van der Waals surface area contributed by atoms with Gasteiger partial charge in [-0.25, -0.2) is 9.78 Å². The highest BCUT2D eigenvalue weighted by Crippen LogP contribution is 2.19. The SMILES string of the molecule is CCN(Cc1cc(=O)n2ccsc2n1)c1c(N)n(Cc2ccccc2)c(=O)[nH]c1=O. The maximum atomic E-state index is 12.6. The summed E-state index contributed by atoms with van der Waals surface area (Å²) in [6.45, 7) is 2.73. The van der Waals surface area contributed by atoms with Gasteiger partial charge in [-0.2, -0.15) is 0 Å². The van der Waals surface area contributed by atoms with Crippen LogP contribution in [0.5, 0.6) is 0 Å². The minimum atomic E-state index is -0.572. The van der Waals surface area contributed by atoms with Crippen molar-refractivity contribution in [2.45, 2.75) is 20.0 Å². The van der Waals surface area contributed by atoms with Gasteiger partial charge in [0.05, 0.1) is 18.8 Å². The first kappa shape index (κ1) is 19.6. The highest BCUT2D eigenvalue weighted by atomic mass is 32.1.